The molecular weight excluding hydrogens is 286 g/mol. The van der Waals surface area contributed by atoms with Gasteiger partial charge in [-0.05, 0) is 24.1 Å². The van der Waals surface area contributed by atoms with Crippen molar-refractivity contribution in [1.29, 1.82) is 0 Å². The molecule has 1 unspecified atom stereocenters. The molecule has 0 saturated carbocycles. The quantitative estimate of drug-likeness (QED) is 0.672. The van der Waals surface area contributed by atoms with E-state index in [1.54, 1.807) is 12.1 Å². The van der Waals surface area contributed by atoms with Gasteiger partial charge in [-0.15, -0.1) is 0 Å². The molecule has 8 heteroatoms. The fourth-order valence-corrected chi connectivity index (χ4v) is 2.70. The molecule has 0 amide bonds. The van der Waals surface area contributed by atoms with Crippen LogP contribution in [0, 0.1) is 0 Å². The summed E-state index contributed by atoms with van der Waals surface area (Å²) in [5.41, 5.74) is 0.935. The molecule has 20 heavy (non-hydrogen) atoms. The molecule has 1 aromatic rings. The summed E-state index contributed by atoms with van der Waals surface area (Å²) in [5.74, 6) is -2.94. The van der Waals surface area contributed by atoms with Crippen LogP contribution in [0.2, 0.25) is 0 Å². The van der Waals surface area contributed by atoms with E-state index in [2.05, 4.69) is 0 Å². The second-order valence-electron chi connectivity index (χ2n) is 4.11. The Morgan fingerprint density at radius 2 is 1.75 bits per heavy atom. The predicted octanol–water partition coefficient (Wildman–Crippen LogP) is 0.455. The Hall–Kier alpha value is -1.93. The van der Waals surface area contributed by atoms with Crippen LogP contribution >= 0.6 is 0 Å². The van der Waals surface area contributed by atoms with E-state index in [1.807, 2.05) is 11.6 Å². The van der Waals surface area contributed by atoms with E-state index in [1.165, 1.54) is 12.1 Å². The van der Waals surface area contributed by atoms with E-state index in [9.17, 15) is 18.0 Å². The van der Waals surface area contributed by atoms with Gasteiger partial charge in [0.05, 0.1) is 11.3 Å². The zero-order valence-corrected chi connectivity index (χ0v) is 11.6. The molecule has 0 aromatic heterocycles. The van der Waals surface area contributed by atoms with E-state index in [4.69, 9.17) is 10.2 Å². The highest BCUT2D eigenvalue weighted by atomic mass is 32.2. The van der Waals surface area contributed by atoms with Crippen molar-refractivity contribution >= 4 is 22.0 Å². The molecule has 0 radical (unpaired) electrons. The Morgan fingerprint density at radius 1 is 1.20 bits per heavy atom. The molecule has 1 atom stereocenters. The van der Waals surface area contributed by atoms with Crippen LogP contribution in [0.4, 0.5) is 0 Å². The second-order valence-corrected chi connectivity index (χ2v) is 5.82. The van der Waals surface area contributed by atoms with E-state index >= 15 is 0 Å². The van der Waals surface area contributed by atoms with Gasteiger partial charge in [0.1, 0.15) is 6.04 Å². The molecule has 110 valence electrons. The van der Waals surface area contributed by atoms with Crippen molar-refractivity contribution in [2.24, 2.45) is 0 Å². The van der Waals surface area contributed by atoms with Gasteiger partial charge in [-0.25, -0.2) is 8.42 Å². The largest absolute Gasteiger partial charge is 0.481 e. The number of carboxylic acids is 2. The Labute approximate surface area is 116 Å². The van der Waals surface area contributed by atoms with Crippen molar-refractivity contribution in [3.05, 3.63) is 29.8 Å². The topological polar surface area (TPSA) is 121 Å². The molecule has 3 N–H and O–H groups in total. The summed E-state index contributed by atoms with van der Waals surface area (Å²) in [5, 5.41) is 17.4. The first-order chi connectivity index (χ1) is 9.26. The first kappa shape index (κ1) is 16.1. The molecule has 0 aliphatic heterocycles. The molecule has 0 bridgehead atoms. The summed E-state index contributed by atoms with van der Waals surface area (Å²) in [6, 6.07) is 4.22. The van der Waals surface area contributed by atoms with E-state index < -0.39 is 34.4 Å². The molecule has 0 aliphatic rings. The highest BCUT2D eigenvalue weighted by Gasteiger charge is 2.27. The second kappa shape index (κ2) is 6.49. The summed E-state index contributed by atoms with van der Waals surface area (Å²) in [6.45, 7) is 1.91. The van der Waals surface area contributed by atoms with Gasteiger partial charge < -0.3 is 10.2 Å². The maximum atomic E-state index is 12.0. The smallest absolute Gasteiger partial charge is 0.322 e. The average molecular weight is 301 g/mol. The van der Waals surface area contributed by atoms with E-state index in [0.717, 1.165) is 12.0 Å². The third kappa shape index (κ3) is 4.32. The Morgan fingerprint density at radius 3 is 2.15 bits per heavy atom. The number of carboxylic acid groups (broad SMARTS) is 2. The first-order valence-corrected chi connectivity index (χ1v) is 7.30. The lowest BCUT2D eigenvalue weighted by atomic mass is 10.2. The number of sulfonamides is 1. The molecule has 7 nitrogen and oxygen atoms in total. The van der Waals surface area contributed by atoms with Gasteiger partial charge in [-0.2, -0.15) is 4.72 Å². The number of benzene rings is 1. The molecule has 0 saturated heterocycles. The number of aliphatic carboxylic acids is 2. The molecular formula is C12H15NO6S. The van der Waals surface area contributed by atoms with Crippen molar-refractivity contribution in [2.45, 2.75) is 30.7 Å². The maximum absolute atomic E-state index is 12.0. The minimum Gasteiger partial charge on any atom is -0.481 e. The molecule has 1 aromatic carbocycles. The molecule has 0 heterocycles. The van der Waals surface area contributed by atoms with E-state index in [0.29, 0.717) is 0 Å². The zero-order chi connectivity index (χ0) is 15.3. The fraction of sp³-hybridized carbons (Fsp3) is 0.333. The van der Waals surface area contributed by atoms with Crippen molar-refractivity contribution in [3.63, 3.8) is 0 Å². The SMILES string of the molecule is CCc1ccc(S(=O)(=O)NC(CC(=O)O)C(=O)O)cc1. The van der Waals surface area contributed by atoms with Crippen LogP contribution < -0.4 is 4.72 Å². The lowest BCUT2D eigenvalue weighted by Crippen LogP contribution is -2.42. The van der Waals surface area contributed by atoms with Crippen LogP contribution in [0.5, 0.6) is 0 Å². The predicted molar refractivity (Wildman–Crippen MR) is 69.8 cm³/mol. The number of hydrogen-bond acceptors (Lipinski definition) is 4. The number of hydrogen-bond donors (Lipinski definition) is 3. The number of rotatable bonds is 7. The van der Waals surface area contributed by atoms with Gasteiger partial charge in [0.25, 0.3) is 0 Å². The Bertz CT molecular complexity index is 593. The monoisotopic (exact) mass is 301 g/mol. The van der Waals surface area contributed by atoms with Gasteiger partial charge >= 0.3 is 11.9 Å². The summed E-state index contributed by atoms with van der Waals surface area (Å²) in [6.07, 6.45) is -0.0911. The molecule has 0 fully saturated rings. The number of carbonyl (C=O) groups is 2. The van der Waals surface area contributed by atoms with E-state index in [-0.39, 0.29) is 4.90 Å². The third-order valence-corrected chi connectivity index (χ3v) is 4.10. The van der Waals surface area contributed by atoms with Crippen LogP contribution in [0.15, 0.2) is 29.2 Å². The summed E-state index contributed by atoms with van der Waals surface area (Å²) in [4.78, 5) is 21.3. The Balaban J connectivity index is 2.96. The minimum absolute atomic E-state index is 0.105. The van der Waals surface area contributed by atoms with Crippen LogP contribution in [0.25, 0.3) is 0 Å². The van der Waals surface area contributed by atoms with Crippen molar-refractivity contribution in [1.82, 2.24) is 4.72 Å². The lowest BCUT2D eigenvalue weighted by Gasteiger charge is -2.13. The Kier molecular flexibility index (Phi) is 5.23. The van der Waals surface area contributed by atoms with Crippen molar-refractivity contribution in [3.8, 4) is 0 Å². The van der Waals surface area contributed by atoms with Gasteiger partial charge in [-0.3, -0.25) is 9.59 Å². The molecule has 1 rings (SSSR count). The lowest BCUT2D eigenvalue weighted by molar-refractivity contribution is -0.145. The minimum atomic E-state index is -4.07. The van der Waals surface area contributed by atoms with Gasteiger partial charge in [0.15, 0.2) is 0 Å². The number of nitrogens with one attached hydrogen (secondary N) is 1. The van der Waals surface area contributed by atoms with Gasteiger partial charge in [0.2, 0.25) is 10.0 Å². The van der Waals surface area contributed by atoms with Crippen molar-refractivity contribution < 1.29 is 28.2 Å². The highest BCUT2D eigenvalue weighted by molar-refractivity contribution is 7.89. The fourth-order valence-electron chi connectivity index (χ4n) is 1.51. The van der Waals surface area contributed by atoms with Crippen LogP contribution in [0.1, 0.15) is 18.9 Å². The summed E-state index contributed by atoms with van der Waals surface area (Å²) in [7, 11) is -4.07. The number of aryl methyl sites for hydroxylation is 1. The van der Waals surface area contributed by atoms with Crippen LogP contribution in [-0.2, 0) is 26.0 Å². The van der Waals surface area contributed by atoms with Gasteiger partial charge in [-0.1, -0.05) is 19.1 Å². The molecule has 0 aliphatic carbocycles. The van der Waals surface area contributed by atoms with Crippen molar-refractivity contribution in [2.75, 3.05) is 0 Å². The highest BCUT2D eigenvalue weighted by Crippen LogP contribution is 2.12. The summed E-state index contributed by atoms with van der Waals surface area (Å²) >= 11 is 0. The maximum Gasteiger partial charge on any atom is 0.322 e. The third-order valence-electron chi connectivity index (χ3n) is 2.62. The summed E-state index contributed by atoms with van der Waals surface area (Å²) < 4.78 is 25.8. The van der Waals surface area contributed by atoms with Gasteiger partial charge in [0, 0.05) is 0 Å². The molecule has 0 spiro atoms. The van der Waals surface area contributed by atoms with Crippen LogP contribution in [0.3, 0.4) is 0 Å². The average Bonchev–Trinajstić information content (AvgIpc) is 2.37. The first-order valence-electron chi connectivity index (χ1n) is 5.82. The zero-order valence-electron chi connectivity index (χ0n) is 10.7. The normalized spacial score (nSPS) is 12.8. The van der Waals surface area contributed by atoms with Crippen LogP contribution in [-0.4, -0.2) is 36.6 Å². The standard InChI is InChI=1S/C12H15NO6S/c1-2-8-3-5-9(6-4-8)20(18,19)13-10(12(16)17)7-11(14)15/h3-6,10,13H,2,7H2,1H3,(H,14,15)(H,16,17).